The SMILES string of the molecule is CC(C)CC(=O)C(O)C(C)C1CCC2C3C(OC4OCC(O)C(O)C4O)C=C4CC(OS(=O)(=O)O)CCC4(C)C3CCC12C. The molecule has 0 aromatic heterocycles. The molecular formula is C32H52O11S. The van der Waals surface area contributed by atoms with Gasteiger partial charge in [0.1, 0.15) is 24.4 Å². The second-order valence-electron chi connectivity index (χ2n) is 15.2. The Morgan fingerprint density at radius 3 is 2.41 bits per heavy atom. The van der Waals surface area contributed by atoms with E-state index in [0.29, 0.717) is 25.7 Å². The molecule has 1 heterocycles. The fourth-order valence-corrected chi connectivity index (χ4v) is 10.5. The number of ether oxygens (including phenoxy) is 2. The van der Waals surface area contributed by atoms with Gasteiger partial charge < -0.3 is 29.9 Å². The Bertz CT molecular complexity index is 1200. The number of rotatable bonds is 9. The normalized spacial score (nSPS) is 45.6. The predicted octanol–water partition coefficient (Wildman–Crippen LogP) is 2.80. The second kappa shape index (κ2) is 12.6. The highest BCUT2D eigenvalue weighted by Gasteiger charge is 2.62. The van der Waals surface area contributed by atoms with Crippen LogP contribution in [0.3, 0.4) is 0 Å². The molecule has 11 nitrogen and oxygen atoms in total. The molecule has 0 aromatic rings. The zero-order valence-electron chi connectivity index (χ0n) is 26.5. The average Bonchev–Trinajstić information content (AvgIpc) is 3.29. The highest BCUT2D eigenvalue weighted by atomic mass is 32.3. The molecule has 14 atom stereocenters. The predicted molar refractivity (Wildman–Crippen MR) is 159 cm³/mol. The molecule has 0 radical (unpaired) electrons. The first kappa shape index (κ1) is 34.4. The average molecular weight is 645 g/mol. The Hall–Kier alpha value is -0.960. The summed E-state index contributed by atoms with van der Waals surface area (Å²) in [5.41, 5.74) is 0.551. The van der Waals surface area contributed by atoms with E-state index in [0.717, 1.165) is 31.3 Å². The zero-order valence-corrected chi connectivity index (χ0v) is 27.4. The Labute approximate surface area is 261 Å². The van der Waals surface area contributed by atoms with E-state index in [1.807, 2.05) is 26.8 Å². The lowest BCUT2D eigenvalue weighted by atomic mass is 9.46. The zero-order chi connectivity index (χ0) is 32.4. The van der Waals surface area contributed by atoms with Crippen molar-refractivity contribution in [2.24, 2.45) is 46.3 Å². The lowest BCUT2D eigenvalue weighted by Crippen LogP contribution is -2.59. The largest absolute Gasteiger partial charge is 0.397 e. The minimum atomic E-state index is -4.62. The lowest BCUT2D eigenvalue weighted by Gasteiger charge is -2.60. The Morgan fingerprint density at radius 2 is 1.75 bits per heavy atom. The molecule has 4 aliphatic carbocycles. The van der Waals surface area contributed by atoms with E-state index in [-0.39, 0.29) is 58.7 Å². The van der Waals surface area contributed by atoms with E-state index < -0.39 is 53.3 Å². The third-order valence-electron chi connectivity index (χ3n) is 12.2. The molecule has 1 aliphatic heterocycles. The van der Waals surface area contributed by atoms with Gasteiger partial charge in [-0.25, -0.2) is 4.18 Å². The maximum Gasteiger partial charge on any atom is 0.397 e. The molecule has 3 saturated carbocycles. The third-order valence-corrected chi connectivity index (χ3v) is 12.7. The van der Waals surface area contributed by atoms with Crippen molar-refractivity contribution in [3.05, 3.63) is 11.6 Å². The summed E-state index contributed by atoms with van der Waals surface area (Å²) in [5.74, 6) is 0.334. The summed E-state index contributed by atoms with van der Waals surface area (Å²) in [5, 5.41) is 42.3. The Balaban J connectivity index is 1.47. The third kappa shape index (κ3) is 6.32. The fourth-order valence-electron chi connectivity index (χ4n) is 9.97. The van der Waals surface area contributed by atoms with Crippen LogP contribution < -0.4 is 0 Å². The molecule has 12 heteroatoms. The van der Waals surface area contributed by atoms with Crippen LogP contribution in [-0.2, 0) is 28.9 Å². The summed E-state index contributed by atoms with van der Waals surface area (Å²) in [6.45, 7) is 10.3. The van der Waals surface area contributed by atoms with Gasteiger partial charge in [0.2, 0.25) is 0 Å². The molecule has 1 saturated heterocycles. The van der Waals surface area contributed by atoms with Crippen LogP contribution in [0.4, 0.5) is 0 Å². The summed E-state index contributed by atoms with van der Waals surface area (Å²) >= 11 is 0. The molecule has 5 N–H and O–H groups in total. The molecule has 4 fully saturated rings. The maximum absolute atomic E-state index is 12.9. The highest BCUT2D eigenvalue weighted by Crippen LogP contribution is 2.68. The van der Waals surface area contributed by atoms with Gasteiger partial charge in [-0.05, 0) is 91.3 Å². The van der Waals surface area contributed by atoms with E-state index in [1.165, 1.54) is 0 Å². The van der Waals surface area contributed by atoms with Gasteiger partial charge >= 0.3 is 10.4 Å². The van der Waals surface area contributed by atoms with Crippen LogP contribution >= 0.6 is 0 Å². The highest BCUT2D eigenvalue weighted by molar-refractivity contribution is 7.80. The van der Waals surface area contributed by atoms with E-state index >= 15 is 0 Å². The van der Waals surface area contributed by atoms with Crippen LogP contribution in [0, 0.1) is 46.3 Å². The van der Waals surface area contributed by atoms with E-state index in [2.05, 4.69) is 13.8 Å². The first-order valence-corrected chi connectivity index (χ1v) is 17.7. The van der Waals surface area contributed by atoms with Gasteiger partial charge in [0.05, 0.1) is 18.8 Å². The first-order valence-electron chi connectivity index (χ1n) is 16.3. The van der Waals surface area contributed by atoms with Crippen molar-refractivity contribution >= 4 is 16.2 Å². The van der Waals surface area contributed by atoms with Crippen LogP contribution in [0.5, 0.6) is 0 Å². The standard InChI is InChI=1S/C32H52O11S/c1-16(2)12-23(33)27(35)17(3)20-6-7-21-26-22(9-11-32(20,21)5)31(4)10-8-19(43-44(38,39)40)13-18(31)14-25(26)42-30-29(37)28(36)24(34)15-41-30/h14,16-17,19-22,24-30,34-37H,6-13,15H2,1-5H3,(H,38,39,40). The van der Waals surface area contributed by atoms with Crippen LogP contribution in [0.1, 0.15) is 86.0 Å². The molecule has 14 unspecified atom stereocenters. The van der Waals surface area contributed by atoms with Crippen molar-refractivity contribution in [1.82, 2.24) is 0 Å². The molecule has 5 aliphatic rings. The van der Waals surface area contributed by atoms with Crippen LogP contribution in [0.25, 0.3) is 0 Å². The van der Waals surface area contributed by atoms with Gasteiger partial charge in [-0.15, -0.1) is 0 Å². The minimum Gasteiger partial charge on any atom is -0.388 e. The molecule has 0 amide bonds. The molecule has 0 bridgehead atoms. The molecule has 252 valence electrons. The number of fused-ring (bicyclic) bond motifs is 5. The van der Waals surface area contributed by atoms with Gasteiger partial charge in [0.15, 0.2) is 12.1 Å². The summed E-state index contributed by atoms with van der Waals surface area (Å²) in [7, 11) is -4.62. The van der Waals surface area contributed by atoms with Gasteiger partial charge in [0.25, 0.3) is 0 Å². The molecule has 0 spiro atoms. The molecular weight excluding hydrogens is 592 g/mol. The number of ketones is 1. The van der Waals surface area contributed by atoms with Crippen molar-refractivity contribution in [2.45, 2.75) is 129 Å². The van der Waals surface area contributed by atoms with E-state index in [9.17, 15) is 38.2 Å². The lowest BCUT2D eigenvalue weighted by molar-refractivity contribution is -0.289. The monoisotopic (exact) mass is 644 g/mol. The Kier molecular flexibility index (Phi) is 9.82. The fraction of sp³-hybridized carbons (Fsp3) is 0.906. The minimum absolute atomic E-state index is 0.00189. The number of carbonyl (C=O) groups is 1. The number of Topliss-reactive ketones (excluding diaryl/α,β-unsaturated/α-hetero) is 1. The summed E-state index contributed by atoms with van der Waals surface area (Å²) in [6.07, 6.45) is -0.209. The summed E-state index contributed by atoms with van der Waals surface area (Å²) < 4.78 is 49.6. The molecule has 5 rings (SSSR count). The smallest absolute Gasteiger partial charge is 0.388 e. The van der Waals surface area contributed by atoms with Crippen molar-refractivity contribution in [3.63, 3.8) is 0 Å². The van der Waals surface area contributed by atoms with Crippen LogP contribution in [0.2, 0.25) is 0 Å². The van der Waals surface area contributed by atoms with Crippen molar-refractivity contribution < 1.29 is 51.8 Å². The topological polar surface area (TPSA) is 180 Å². The van der Waals surface area contributed by atoms with Gasteiger partial charge in [-0.1, -0.05) is 46.3 Å². The number of aliphatic hydroxyl groups excluding tert-OH is 4. The molecule has 44 heavy (non-hydrogen) atoms. The summed E-state index contributed by atoms with van der Waals surface area (Å²) in [4.78, 5) is 12.9. The van der Waals surface area contributed by atoms with Crippen LogP contribution in [-0.4, -0.2) is 88.7 Å². The van der Waals surface area contributed by atoms with Crippen molar-refractivity contribution in [3.8, 4) is 0 Å². The summed E-state index contributed by atoms with van der Waals surface area (Å²) in [6, 6.07) is 0. The maximum atomic E-state index is 12.9. The van der Waals surface area contributed by atoms with Crippen molar-refractivity contribution in [1.29, 1.82) is 0 Å². The van der Waals surface area contributed by atoms with Gasteiger partial charge in [0, 0.05) is 6.42 Å². The Morgan fingerprint density at radius 1 is 1.05 bits per heavy atom. The second-order valence-corrected chi connectivity index (χ2v) is 16.3. The molecule has 0 aromatic carbocycles. The van der Waals surface area contributed by atoms with Gasteiger partial charge in [-0.3, -0.25) is 9.35 Å². The van der Waals surface area contributed by atoms with E-state index in [1.54, 1.807) is 0 Å². The number of hydrogen-bond donors (Lipinski definition) is 5. The number of hydrogen-bond acceptors (Lipinski definition) is 10. The van der Waals surface area contributed by atoms with E-state index in [4.69, 9.17) is 13.7 Å². The quantitative estimate of drug-likeness (QED) is 0.184. The number of carbonyl (C=O) groups excluding carboxylic acids is 1. The van der Waals surface area contributed by atoms with Crippen LogP contribution in [0.15, 0.2) is 11.6 Å². The first-order chi connectivity index (χ1) is 20.5. The van der Waals surface area contributed by atoms with Gasteiger partial charge in [-0.2, -0.15) is 8.42 Å². The van der Waals surface area contributed by atoms with Crippen molar-refractivity contribution in [2.75, 3.05) is 6.61 Å². The number of aliphatic hydroxyl groups is 4.